The minimum Gasteiger partial charge on any atom is -0.376 e. The highest BCUT2D eigenvalue weighted by molar-refractivity contribution is 5.76. The number of ether oxygens (including phenoxy) is 1. The van der Waals surface area contributed by atoms with E-state index in [1.807, 2.05) is 12.1 Å². The van der Waals surface area contributed by atoms with Gasteiger partial charge >= 0.3 is 0 Å². The van der Waals surface area contributed by atoms with Crippen LogP contribution in [0.3, 0.4) is 0 Å². The van der Waals surface area contributed by atoms with Crippen LogP contribution in [0, 0.1) is 0 Å². The first kappa shape index (κ1) is 17.6. The lowest BCUT2D eigenvalue weighted by Crippen LogP contribution is -2.31. The summed E-state index contributed by atoms with van der Waals surface area (Å²) < 4.78 is 10.7. The summed E-state index contributed by atoms with van der Waals surface area (Å²) in [5.74, 6) is 1.51. The van der Waals surface area contributed by atoms with E-state index in [0.717, 1.165) is 25.0 Å². The molecule has 0 radical (unpaired) electrons. The highest BCUT2D eigenvalue weighted by Gasteiger charge is 2.16. The van der Waals surface area contributed by atoms with Gasteiger partial charge in [0.15, 0.2) is 0 Å². The number of carbonyl (C=O) groups is 1. The fraction of sp³-hybridized carbons (Fsp3) is 0.526. The Kier molecular flexibility index (Phi) is 5.81. The Balaban J connectivity index is 1.48. The van der Waals surface area contributed by atoms with Crippen molar-refractivity contribution >= 4 is 5.91 Å². The van der Waals surface area contributed by atoms with Gasteiger partial charge in [0.1, 0.15) is 0 Å². The van der Waals surface area contributed by atoms with Gasteiger partial charge in [0.2, 0.25) is 17.6 Å². The van der Waals surface area contributed by atoms with Crippen molar-refractivity contribution in [2.24, 2.45) is 0 Å². The van der Waals surface area contributed by atoms with E-state index < -0.39 is 0 Å². The predicted octanol–water partition coefficient (Wildman–Crippen LogP) is 3.09. The molecule has 0 spiro atoms. The van der Waals surface area contributed by atoms with Crippen LogP contribution in [0.2, 0.25) is 0 Å². The molecule has 1 aromatic carbocycles. The van der Waals surface area contributed by atoms with E-state index in [2.05, 4.69) is 41.4 Å². The van der Waals surface area contributed by atoms with E-state index in [0.29, 0.717) is 37.0 Å². The van der Waals surface area contributed by atoms with Crippen molar-refractivity contribution in [2.45, 2.75) is 51.6 Å². The summed E-state index contributed by atoms with van der Waals surface area (Å²) in [4.78, 5) is 16.3. The molecule has 1 atom stereocenters. The molecule has 0 unspecified atom stereocenters. The monoisotopic (exact) mass is 343 g/mol. The fourth-order valence-electron chi connectivity index (χ4n) is 2.83. The summed E-state index contributed by atoms with van der Waals surface area (Å²) in [6, 6.07) is 8.15. The number of aromatic nitrogens is 2. The maximum Gasteiger partial charge on any atom is 0.227 e. The molecule has 1 aromatic heterocycles. The smallest absolute Gasteiger partial charge is 0.227 e. The number of nitrogens with one attached hydrogen (secondary N) is 1. The van der Waals surface area contributed by atoms with Crippen LogP contribution >= 0.6 is 0 Å². The van der Waals surface area contributed by atoms with Crippen LogP contribution in [0.5, 0.6) is 0 Å². The average Bonchev–Trinajstić information content (AvgIpc) is 3.30. The highest BCUT2D eigenvalue weighted by atomic mass is 16.5. The predicted molar refractivity (Wildman–Crippen MR) is 94.1 cm³/mol. The molecule has 2 heterocycles. The van der Waals surface area contributed by atoms with Crippen molar-refractivity contribution in [3.8, 4) is 11.4 Å². The summed E-state index contributed by atoms with van der Waals surface area (Å²) in [6.45, 7) is 5.69. The maximum absolute atomic E-state index is 11.9. The SMILES string of the molecule is CC(C)c1ccc(-c2noc(CCC(=O)NC[C@H]3CCCO3)n2)cc1. The van der Waals surface area contributed by atoms with E-state index in [1.54, 1.807) is 0 Å². The van der Waals surface area contributed by atoms with Gasteiger partial charge < -0.3 is 14.6 Å². The van der Waals surface area contributed by atoms with E-state index in [1.165, 1.54) is 5.56 Å². The molecule has 0 saturated carbocycles. The van der Waals surface area contributed by atoms with Gasteiger partial charge in [0.05, 0.1) is 6.10 Å². The van der Waals surface area contributed by atoms with Gasteiger partial charge in [-0.05, 0) is 24.3 Å². The first-order valence-electron chi connectivity index (χ1n) is 8.93. The third-order valence-electron chi connectivity index (χ3n) is 4.42. The van der Waals surface area contributed by atoms with Crippen LogP contribution in [0.25, 0.3) is 11.4 Å². The van der Waals surface area contributed by atoms with Crippen LogP contribution < -0.4 is 5.32 Å². The lowest BCUT2D eigenvalue weighted by Gasteiger charge is -2.09. The lowest BCUT2D eigenvalue weighted by atomic mass is 10.0. The Hall–Kier alpha value is -2.21. The molecular weight excluding hydrogens is 318 g/mol. The molecule has 0 bridgehead atoms. The number of carbonyl (C=O) groups excluding carboxylic acids is 1. The van der Waals surface area contributed by atoms with Gasteiger partial charge in [-0.2, -0.15) is 4.98 Å². The van der Waals surface area contributed by atoms with E-state index in [-0.39, 0.29) is 12.0 Å². The molecule has 6 nitrogen and oxygen atoms in total. The first-order chi connectivity index (χ1) is 12.1. The average molecular weight is 343 g/mol. The molecule has 25 heavy (non-hydrogen) atoms. The molecular formula is C19H25N3O3. The molecule has 1 amide bonds. The second kappa shape index (κ2) is 8.25. The molecule has 1 aliphatic heterocycles. The zero-order chi connectivity index (χ0) is 17.6. The number of hydrogen-bond donors (Lipinski definition) is 1. The Morgan fingerprint density at radius 3 is 2.80 bits per heavy atom. The van der Waals surface area contributed by atoms with Gasteiger partial charge in [-0.15, -0.1) is 0 Å². The molecule has 3 rings (SSSR count). The number of aryl methyl sites for hydroxylation is 1. The van der Waals surface area contributed by atoms with E-state index in [9.17, 15) is 4.79 Å². The Morgan fingerprint density at radius 1 is 1.32 bits per heavy atom. The summed E-state index contributed by atoms with van der Waals surface area (Å²) in [5.41, 5.74) is 2.19. The first-order valence-corrected chi connectivity index (χ1v) is 8.93. The largest absolute Gasteiger partial charge is 0.376 e. The van der Waals surface area contributed by atoms with Crippen molar-refractivity contribution < 1.29 is 14.1 Å². The standard InChI is InChI=1S/C19H25N3O3/c1-13(2)14-5-7-15(8-6-14)19-21-18(25-22-19)10-9-17(23)20-12-16-4-3-11-24-16/h5-8,13,16H,3-4,9-12H2,1-2H3,(H,20,23)/t16-/m1/s1. The normalized spacial score (nSPS) is 17.2. The number of benzene rings is 1. The third-order valence-corrected chi connectivity index (χ3v) is 4.42. The second-order valence-corrected chi connectivity index (χ2v) is 6.73. The lowest BCUT2D eigenvalue weighted by molar-refractivity contribution is -0.121. The molecule has 1 fully saturated rings. The van der Waals surface area contributed by atoms with Crippen molar-refractivity contribution in [2.75, 3.05) is 13.2 Å². The Morgan fingerprint density at radius 2 is 2.12 bits per heavy atom. The summed E-state index contributed by atoms with van der Waals surface area (Å²) in [7, 11) is 0. The van der Waals surface area contributed by atoms with Crippen molar-refractivity contribution in [3.05, 3.63) is 35.7 Å². The number of hydrogen-bond acceptors (Lipinski definition) is 5. The molecule has 6 heteroatoms. The highest BCUT2D eigenvalue weighted by Crippen LogP contribution is 2.20. The van der Waals surface area contributed by atoms with Gasteiger partial charge in [-0.1, -0.05) is 43.3 Å². The minimum atomic E-state index is -0.0171. The fourth-order valence-corrected chi connectivity index (χ4v) is 2.83. The summed E-state index contributed by atoms with van der Waals surface area (Å²) in [6.07, 6.45) is 3.02. The zero-order valence-electron chi connectivity index (χ0n) is 14.8. The van der Waals surface area contributed by atoms with Gasteiger partial charge in [0.25, 0.3) is 0 Å². The van der Waals surface area contributed by atoms with Gasteiger partial charge in [-0.25, -0.2) is 0 Å². The Bertz CT molecular complexity index is 688. The van der Waals surface area contributed by atoms with Crippen molar-refractivity contribution in [3.63, 3.8) is 0 Å². The maximum atomic E-state index is 11.9. The van der Waals surface area contributed by atoms with E-state index in [4.69, 9.17) is 9.26 Å². The molecule has 2 aromatic rings. The molecule has 0 aliphatic carbocycles. The molecule has 1 saturated heterocycles. The molecule has 1 N–H and O–H groups in total. The summed E-state index contributed by atoms with van der Waals surface area (Å²) >= 11 is 0. The zero-order valence-corrected chi connectivity index (χ0v) is 14.8. The van der Waals surface area contributed by atoms with Crippen LogP contribution in [-0.2, 0) is 16.0 Å². The van der Waals surface area contributed by atoms with Gasteiger partial charge in [0, 0.05) is 31.6 Å². The van der Waals surface area contributed by atoms with Crippen molar-refractivity contribution in [1.29, 1.82) is 0 Å². The van der Waals surface area contributed by atoms with E-state index >= 15 is 0 Å². The second-order valence-electron chi connectivity index (χ2n) is 6.73. The quantitative estimate of drug-likeness (QED) is 0.836. The Labute approximate surface area is 148 Å². The minimum absolute atomic E-state index is 0.0171. The third kappa shape index (κ3) is 4.89. The topological polar surface area (TPSA) is 77.2 Å². The molecule has 134 valence electrons. The van der Waals surface area contributed by atoms with Crippen molar-refractivity contribution in [1.82, 2.24) is 15.5 Å². The van der Waals surface area contributed by atoms with Gasteiger partial charge in [-0.3, -0.25) is 4.79 Å². The summed E-state index contributed by atoms with van der Waals surface area (Å²) in [5, 5.41) is 6.91. The number of rotatable bonds is 7. The van der Waals surface area contributed by atoms with Crippen LogP contribution in [-0.4, -0.2) is 35.3 Å². The van der Waals surface area contributed by atoms with Crippen LogP contribution in [0.15, 0.2) is 28.8 Å². The number of amides is 1. The molecule has 1 aliphatic rings. The number of nitrogens with zero attached hydrogens (tertiary/aromatic N) is 2. The van der Waals surface area contributed by atoms with Crippen LogP contribution in [0.1, 0.15) is 50.5 Å². The van der Waals surface area contributed by atoms with Crippen LogP contribution in [0.4, 0.5) is 0 Å².